The third-order valence-electron chi connectivity index (χ3n) is 3.88. The fraction of sp³-hybridized carbons (Fsp3) is 0.462. The zero-order valence-corrected chi connectivity index (χ0v) is 11.4. The Bertz CT molecular complexity index is 494. The first-order valence-corrected chi connectivity index (χ1v) is 6.97. The van der Waals surface area contributed by atoms with Gasteiger partial charge in [-0.25, -0.2) is 9.18 Å². The van der Waals surface area contributed by atoms with Gasteiger partial charge in [0.05, 0.1) is 5.69 Å². The number of nitrogens with one attached hydrogen (secondary N) is 1. The summed E-state index contributed by atoms with van der Waals surface area (Å²) in [5.41, 5.74) is 0.240. The fourth-order valence-electron chi connectivity index (χ4n) is 2.90. The molecule has 5 heteroatoms. The van der Waals surface area contributed by atoms with Crippen LogP contribution in [-0.4, -0.2) is 23.5 Å². The van der Waals surface area contributed by atoms with E-state index in [1.165, 1.54) is 18.9 Å². The van der Waals surface area contributed by atoms with Gasteiger partial charge in [0, 0.05) is 17.1 Å². The van der Waals surface area contributed by atoms with Gasteiger partial charge in [0.15, 0.2) is 0 Å². The van der Waals surface area contributed by atoms with E-state index in [2.05, 4.69) is 21.2 Å². The van der Waals surface area contributed by atoms with Crippen LogP contribution in [-0.2, 0) is 0 Å². The number of urea groups is 1. The fourth-order valence-corrected chi connectivity index (χ4v) is 3.24. The van der Waals surface area contributed by atoms with E-state index in [1.807, 2.05) is 4.90 Å². The number of rotatable bonds is 1. The smallest absolute Gasteiger partial charge is 0.321 e. The average Bonchev–Trinajstić information content (AvgIpc) is 2.64. The van der Waals surface area contributed by atoms with Crippen molar-refractivity contribution in [3.05, 3.63) is 28.5 Å². The first-order valence-electron chi connectivity index (χ1n) is 6.18. The summed E-state index contributed by atoms with van der Waals surface area (Å²) in [6, 6.07) is 4.84. The van der Waals surface area contributed by atoms with Gasteiger partial charge in [0.2, 0.25) is 0 Å². The molecule has 0 radical (unpaired) electrons. The highest BCUT2D eigenvalue weighted by Crippen LogP contribution is 2.39. The van der Waals surface area contributed by atoms with Crippen LogP contribution in [0.15, 0.2) is 22.7 Å². The standard InChI is InChI=1S/C13H14BrFN2O/c14-9-4-5-11(10(15)6-9)16-13(18)17-7-8-2-1-3-12(8)17/h4-6,8,12H,1-3,7H2,(H,16,18)/t8-,12+/m1/s1. The lowest BCUT2D eigenvalue weighted by Crippen LogP contribution is -2.57. The molecule has 3 rings (SSSR count). The number of carbonyl (C=O) groups excluding carboxylic acids is 1. The number of benzene rings is 1. The number of amides is 2. The molecule has 2 atom stereocenters. The van der Waals surface area contributed by atoms with Crippen LogP contribution in [0.5, 0.6) is 0 Å². The second kappa shape index (κ2) is 4.53. The van der Waals surface area contributed by atoms with E-state index in [1.54, 1.807) is 12.1 Å². The second-order valence-corrected chi connectivity index (χ2v) is 5.88. The van der Waals surface area contributed by atoms with Crippen molar-refractivity contribution in [3.8, 4) is 0 Å². The molecule has 0 spiro atoms. The average molecular weight is 313 g/mol. The number of hydrogen-bond acceptors (Lipinski definition) is 1. The highest BCUT2D eigenvalue weighted by atomic mass is 79.9. The summed E-state index contributed by atoms with van der Waals surface area (Å²) in [5.74, 6) is 0.256. The normalized spacial score (nSPS) is 25.6. The number of hydrogen-bond donors (Lipinski definition) is 1. The molecule has 1 aromatic rings. The Hall–Kier alpha value is -1.10. The summed E-state index contributed by atoms with van der Waals surface area (Å²) >= 11 is 3.19. The molecular formula is C13H14BrFN2O. The molecular weight excluding hydrogens is 299 g/mol. The molecule has 1 saturated heterocycles. The predicted octanol–water partition coefficient (Wildman–Crippen LogP) is 3.60. The zero-order chi connectivity index (χ0) is 12.7. The van der Waals surface area contributed by atoms with Crippen molar-refractivity contribution in [2.45, 2.75) is 25.3 Å². The van der Waals surface area contributed by atoms with Gasteiger partial charge >= 0.3 is 6.03 Å². The van der Waals surface area contributed by atoms with Crippen LogP contribution < -0.4 is 5.32 Å². The van der Waals surface area contributed by atoms with Gasteiger partial charge in [-0.3, -0.25) is 0 Å². The molecule has 0 bridgehead atoms. The molecule has 96 valence electrons. The molecule has 2 aliphatic rings. The lowest BCUT2D eigenvalue weighted by Gasteiger charge is -2.44. The summed E-state index contributed by atoms with van der Waals surface area (Å²) in [6.45, 7) is 0.814. The van der Waals surface area contributed by atoms with Gasteiger partial charge in [-0.15, -0.1) is 0 Å². The van der Waals surface area contributed by atoms with Crippen LogP contribution in [0.3, 0.4) is 0 Å². The highest BCUT2D eigenvalue weighted by molar-refractivity contribution is 9.10. The Kier molecular flexibility index (Phi) is 3.01. The van der Waals surface area contributed by atoms with E-state index in [9.17, 15) is 9.18 Å². The maximum atomic E-state index is 13.6. The molecule has 1 aliphatic heterocycles. The van der Waals surface area contributed by atoms with Gasteiger partial charge in [-0.2, -0.15) is 0 Å². The molecule has 1 saturated carbocycles. The largest absolute Gasteiger partial charge is 0.322 e. The van der Waals surface area contributed by atoms with Gasteiger partial charge in [-0.05, 0) is 37.0 Å². The summed E-state index contributed by atoms with van der Waals surface area (Å²) < 4.78 is 14.3. The first-order chi connectivity index (χ1) is 8.65. The van der Waals surface area contributed by atoms with Crippen molar-refractivity contribution in [2.75, 3.05) is 11.9 Å². The van der Waals surface area contributed by atoms with E-state index in [-0.39, 0.29) is 11.7 Å². The number of likely N-dealkylation sites (tertiary alicyclic amines) is 1. The molecule has 3 nitrogen and oxygen atoms in total. The lowest BCUT2D eigenvalue weighted by molar-refractivity contribution is 0.0797. The minimum atomic E-state index is -0.416. The van der Waals surface area contributed by atoms with Gasteiger partial charge in [0.25, 0.3) is 0 Å². The predicted molar refractivity (Wildman–Crippen MR) is 71.0 cm³/mol. The minimum Gasteiger partial charge on any atom is -0.321 e. The quantitative estimate of drug-likeness (QED) is 0.844. The first kappa shape index (κ1) is 12.0. The number of halogens is 2. The molecule has 1 heterocycles. The van der Waals surface area contributed by atoms with Gasteiger partial charge in [0.1, 0.15) is 5.82 Å². The SMILES string of the molecule is O=C(Nc1ccc(Br)cc1F)N1C[C@H]2CCC[C@@H]21. The van der Waals surface area contributed by atoms with E-state index >= 15 is 0 Å². The number of fused-ring (bicyclic) bond motifs is 1. The molecule has 0 unspecified atom stereocenters. The molecule has 1 aromatic carbocycles. The molecule has 1 N–H and O–H groups in total. The van der Waals surface area contributed by atoms with Crippen LogP contribution in [0.4, 0.5) is 14.9 Å². The molecule has 1 aliphatic carbocycles. The third kappa shape index (κ3) is 2.00. The molecule has 2 fully saturated rings. The minimum absolute atomic E-state index is 0.181. The van der Waals surface area contributed by atoms with Crippen LogP contribution in [0.2, 0.25) is 0 Å². The second-order valence-electron chi connectivity index (χ2n) is 4.97. The summed E-state index contributed by atoms with van der Waals surface area (Å²) in [5, 5.41) is 2.64. The summed E-state index contributed by atoms with van der Waals surface area (Å²) in [7, 11) is 0. The van der Waals surface area contributed by atoms with Crippen molar-refractivity contribution in [2.24, 2.45) is 5.92 Å². The van der Waals surface area contributed by atoms with E-state index in [4.69, 9.17) is 0 Å². The van der Waals surface area contributed by atoms with Crippen molar-refractivity contribution in [3.63, 3.8) is 0 Å². The maximum Gasteiger partial charge on any atom is 0.322 e. The number of anilines is 1. The molecule has 2 amide bonds. The van der Waals surface area contributed by atoms with Gasteiger partial charge < -0.3 is 10.2 Å². The number of carbonyl (C=O) groups is 1. The maximum absolute atomic E-state index is 13.6. The van der Waals surface area contributed by atoms with E-state index < -0.39 is 5.82 Å². The Morgan fingerprint density at radius 1 is 1.44 bits per heavy atom. The molecule has 18 heavy (non-hydrogen) atoms. The van der Waals surface area contributed by atoms with E-state index in [0.29, 0.717) is 16.4 Å². The van der Waals surface area contributed by atoms with Crippen LogP contribution in [0.25, 0.3) is 0 Å². The van der Waals surface area contributed by atoms with E-state index in [0.717, 1.165) is 13.0 Å². The third-order valence-corrected chi connectivity index (χ3v) is 4.38. The Morgan fingerprint density at radius 3 is 3.00 bits per heavy atom. The monoisotopic (exact) mass is 312 g/mol. The Balaban J connectivity index is 1.67. The summed E-state index contributed by atoms with van der Waals surface area (Å²) in [6.07, 6.45) is 3.51. The zero-order valence-electron chi connectivity index (χ0n) is 9.83. The highest BCUT2D eigenvalue weighted by Gasteiger charge is 2.44. The lowest BCUT2D eigenvalue weighted by atomic mass is 9.92. The van der Waals surface area contributed by atoms with Crippen molar-refractivity contribution >= 4 is 27.6 Å². The Morgan fingerprint density at radius 2 is 2.28 bits per heavy atom. The van der Waals surface area contributed by atoms with Gasteiger partial charge in [-0.1, -0.05) is 22.4 Å². The Labute approximate surface area is 113 Å². The summed E-state index contributed by atoms with van der Waals surface area (Å²) in [4.78, 5) is 13.8. The molecule has 0 aromatic heterocycles. The number of nitrogens with zero attached hydrogens (tertiary/aromatic N) is 1. The van der Waals surface area contributed by atoms with Crippen molar-refractivity contribution in [1.29, 1.82) is 0 Å². The topological polar surface area (TPSA) is 32.3 Å². The van der Waals surface area contributed by atoms with Crippen LogP contribution >= 0.6 is 15.9 Å². The van der Waals surface area contributed by atoms with Crippen LogP contribution in [0, 0.1) is 11.7 Å². The van der Waals surface area contributed by atoms with Crippen molar-refractivity contribution in [1.82, 2.24) is 4.90 Å². The van der Waals surface area contributed by atoms with Crippen molar-refractivity contribution < 1.29 is 9.18 Å². The van der Waals surface area contributed by atoms with Crippen LogP contribution in [0.1, 0.15) is 19.3 Å².